The maximum Gasteiger partial charge on any atom is 0.185 e. The van der Waals surface area contributed by atoms with Crippen molar-refractivity contribution in [2.75, 3.05) is 19.8 Å². The van der Waals surface area contributed by atoms with Gasteiger partial charge in [-0.3, -0.25) is 4.79 Å². The summed E-state index contributed by atoms with van der Waals surface area (Å²) in [4.78, 5) is 12.6. The van der Waals surface area contributed by atoms with Gasteiger partial charge in [-0.15, -0.1) is 0 Å². The van der Waals surface area contributed by atoms with E-state index in [1.165, 1.54) is 0 Å². The highest BCUT2D eigenvalue weighted by Crippen LogP contribution is 2.34. The fourth-order valence-electron chi connectivity index (χ4n) is 3.01. The zero-order valence-electron chi connectivity index (χ0n) is 18.0. The topological polar surface area (TPSA) is 44.8 Å². The number of allylic oxidation sites excluding steroid dienone is 1. The molecule has 0 saturated carbocycles. The Bertz CT molecular complexity index is 779. The minimum absolute atomic E-state index is 0.0454. The van der Waals surface area contributed by atoms with E-state index in [-0.39, 0.29) is 5.78 Å². The van der Waals surface area contributed by atoms with E-state index < -0.39 is 0 Å². The Morgan fingerprint density at radius 1 is 0.897 bits per heavy atom. The molecule has 0 aromatic heterocycles. The minimum Gasteiger partial charge on any atom is -0.494 e. The predicted molar refractivity (Wildman–Crippen MR) is 118 cm³/mol. The smallest absolute Gasteiger partial charge is 0.185 e. The van der Waals surface area contributed by atoms with Crippen LogP contribution in [-0.2, 0) is 6.42 Å². The van der Waals surface area contributed by atoms with Gasteiger partial charge >= 0.3 is 0 Å². The molecule has 4 heteroatoms. The van der Waals surface area contributed by atoms with Crippen molar-refractivity contribution in [2.45, 2.75) is 47.0 Å². The van der Waals surface area contributed by atoms with Gasteiger partial charge in [-0.25, -0.2) is 0 Å². The van der Waals surface area contributed by atoms with Crippen LogP contribution < -0.4 is 14.2 Å². The van der Waals surface area contributed by atoms with Crippen molar-refractivity contribution in [1.29, 1.82) is 0 Å². The molecule has 0 unspecified atom stereocenters. The molecule has 156 valence electrons. The van der Waals surface area contributed by atoms with Gasteiger partial charge in [-0.05, 0) is 80.3 Å². The summed E-state index contributed by atoms with van der Waals surface area (Å²) in [6.07, 6.45) is 6.29. The summed E-state index contributed by atoms with van der Waals surface area (Å²) >= 11 is 0. The summed E-state index contributed by atoms with van der Waals surface area (Å²) in [6, 6.07) is 11.3. The lowest BCUT2D eigenvalue weighted by Gasteiger charge is -2.16. The van der Waals surface area contributed by atoms with E-state index in [1.54, 1.807) is 18.2 Å². The van der Waals surface area contributed by atoms with Crippen LogP contribution in [0.4, 0.5) is 0 Å². The van der Waals surface area contributed by atoms with Crippen LogP contribution in [-0.4, -0.2) is 25.6 Å². The van der Waals surface area contributed by atoms with E-state index in [9.17, 15) is 4.79 Å². The Kier molecular flexibility index (Phi) is 9.29. The van der Waals surface area contributed by atoms with E-state index in [4.69, 9.17) is 14.2 Å². The van der Waals surface area contributed by atoms with Crippen LogP contribution in [0.2, 0.25) is 0 Å². The van der Waals surface area contributed by atoms with Gasteiger partial charge in [0.2, 0.25) is 0 Å². The lowest BCUT2D eigenvalue weighted by atomic mass is 10.0. The molecule has 2 aromatic carbocycles. The van der Waals surface area contributed by atoms with Gasteiger partial charge in [0, 0.05) is 5.56 Å². The van der Waals surface area contributed by atoms with Gasteiger partial charge in [-0.1, -0.05) is 26.3 Å². The lowest BCUT2D eigenvalue weighted by Crippen LogP contribution is -2.03. The predicted octanol–water partition coefficient (Wildman–Crippen LogP) is 6.12. The van der Waals surface area contributed by atoms with Gasteiger partial charge in [0.05, 0.1) is 19.8 Å². The van der Waals surface area contributed by atoms with Gasteiger partial charge in [0.1, 0.15) is 5.75 Å². The Morgan fingerprint density at radius 2 is 1.62 bits per heavy atom. The number of rotatable bonds is 12. The molecule has 4 nitrogen and oxygen atoms in total. The normalized spacial score (nSPS) is 10.9. The quantitative estimate of drug-likeness (QED) is 0.320. The second-order valence-electron chi connectivity index (χ2n) is 6.69. The summed E-state index contributed by atoms with van der Waals surface area (Å²) in [5.41, 5.74) is 2.66. The third-order valence-electron chi connectivity index (χ3n) is 4.30. The summed E-state index contributed by atoms with van der Waals surface area (Å²) < 4.78 is 17.2. The Hall–Kier alpha value is -2.75. The van der Waals surface area contributed by atoms with Gasteiger partial charge < -0.3 is 14.2 Å². The molecule has 0 aliphatic rings. The fraction of sp³-hybridized carbons (Fsp3) is 0.400. The van der Waals surface area contributed by atoms with E-state index in [0.717, 1.165) is 47.6 Å². The van der Waals surface area contributed by atoms with Crippen molar-refractivity contribution in [2.24, 2.45) is 0 Å². The van der Waals surface area contributed by atoms with Gasteiger partial charge in [0.15, 0.2) is 17.3 Å². The number of ether oxygens (including phenoxy) is 3. The van der Waals surface area contributed by atoms with E-state index in [1.807, 2.05) is 38.1 Å². The van der Waals surface area contributed by atoms with Gasteiger partial charge in [-0.2, -0.15) is 0 Å². The molecule has 0 N–H and O–H groups in total. The number of aryl methyl sites for hydroxylation is 1. The van der Waals surface area contributed by atoms with Crippen LogP contribution in [0.25, 0.3) is 6.08 Å². The first-order valence-electron chi connectivity index (χ1n) is 10.5. The second-order valence-corrected chi connectivity index (χ2v) is 6.69. The van der Waals surface area contributed by atoms with Crippen molar-refractivity contribution < 1.29 is 19.0 Å². The highest BCUT2D eigenvalue weighted by molar-refractivity contribution is 6.06. The van der Waals surface area contributed by atoms with Crippen LogP contribution in [0, 0.1) is 0 Å². The van der Waals surface area contributed by atoms with Crippen molar-refractivity contribution in [3.63, 3.8) is 0 Å². The molecule has 0 saturated heterocycles. The first kappa shape index (κ1) is 22.5. The molecule has 0 fully saturated rings. The highest BCUT2D eigenvalue weighted by Gasteiger charge is 2.12. The summed E-state index contributed by atoms with van der Waals surface area (Å²) in [5, 5.41) is 0. The fourth-order valence-corrected chi connectivity index (χ4v) is 3.01. The highest BCUT2D eigenvalue weighted by atomic mass is 16.5. The average Bonchev–Trinajstić information content (AvgIpc) is 2.73. The van der Waals surface area contributed by atoms with Crippen LogP contribution in [0.15, 0.2) is 42.5 Å². The van der Waals surface area contributed by atoms with E-state index >= 15 is 0 Å². The van der Waals surface area contributed by atoms with Crippen LogP contribution in [0.1, 0.15) is 62.0 Å². The standard InChI is InChI=1S/C25H32O4/c1-5-9-21-17-19(18-24(27-7-3)25(21)28-8-4)10-15-23(26)20-11-13-22(14-12-20)29-16-6-2/h10-15,17-18H,5-9,16H2,1-4H3/b15-10+. The van der Waals surface area contributed by atoms with Crippen LogP contribution >= 0.6 is 0 Å². The van der Waals surface area contributed by atoms with Crippen LogP contribution in [0.5, 0.6) is 17.2 Å². The molecule has 0 spiro atoms. The lowest BCUT2D eigenvalue weighted by molar-refractivity contribution is 0.104. The molecule has 29 heavy (non-hydrogen) atoms. The zero-order valence-corrected chi connectivity index (χ0v) is 18.0. The number of hydrogen-bond donors (Lipinski definition) is 0. The third kappa shape index (κ3) is 6.67. The Balaban J connectivity index is 2.22. The summed E-state index contributed by atoms with van der Waals surface area (Å²) in [6.45, 7) is 9.94. The van der Waals surface area contributed by atoms with Crippen molar-refractivity contribution in [3.05, 3.63) is 59.2 Å². The maximum atomic E-state index is 12.6. The molecule has 0 aliphatic carbocycles. The van der Waals surface area contributed by atoms with Gasteiger partial charge in [0.25, 0.3) is 0 Å². The summed E-state index contributed by atoms with van der Waals surface area (Å²) in [7, 11) is 0. The molecular weight excluding hydrogens is 364 g/mol. The third-order valence-corrected chi connectivity index (χ3v) is 4.30. The van der Waals surface area contributed by atoms with Crippen LogP contribution in [0.3, 0.4) is 0 Å². The Morgan fingerprint density at radius 3 is 2.24 bits per heavy atom. The maximum absolute atomic E-state index is 12.6. The SMILES string of the molecule is CCCOc1ccc(C(=O)/C=C/c2cc(CCC)c(OCC)c(OCC)c2)cc1. The number of hydrogen-bond acceptors (Lipinski definition) is 4. The number of carbonyl (C=O) groups excluding carboxylic acids is 1. The first-order chi connectivity index (χ1) is 14.1. The van der Waals surface area contributed by atoms with Crippen molar-refractivity contribution >= 4 is 11.9 Å². The number of carbonyl (C=O) groups is 1. The number of benzene rings is 2. The zero-order chi connectivity index (χ0) is 21.1. The van der Waals surface area contributed by atoms with E-state index in [2.05, 4.69) is 19.9 Å². The average molecular weight is 397 g/mol. The van der Waals surface area contributed by atoms with E-state index in [0.29, 0.717) is 25.4 Å². The monoisotopic (exact) mass is 396 g/mol. The molecule has 2 rings (SSSR count). The molecule has 0 amide bonds. The molecule has 0 heterocycles. The minimum atomic E-state index is -0.0454. The van der Waals surface area contributed by atoms with Crippen molar-refractivity contribution in [1.82, 2.24) is 0 Å². The first-order valence-corrected chi connectivity index (χ1v) is 10.5. The summed E-state index contributed by atoms with van der Waals surface area (Å²) in [5.74, 6) is 2.27. The molecular formula is C25H32O4. The molecule has 0 atom stereocenters. The largest absolute Gasteiger partial charge is 0.494 e. The number of ketones is 1. The molecule has 0 radical (unpaired) electrons. The molecule has 0 aliphatic heterocycles. The molecule has 2 aromatic rings. The van der Waals surface area contributed by atoms with Crippen molar-refractivity contribution in [3.8, 4) is 17.2 Å². The Labute approximate surface area is 174 Å². The molecule has 0 bridgehead atoms. The second kappa shape index (κ2) is 11.9.